The first-order chi connectivity index (χ1) is 8.84. The van der Waals surface area contributed by atoms with Crippen molar-refractivity contribution in [2.75, 3.05) is 13.1 Å². The second kappa shape index (κ2) is 4.89. The number of nitrogens with zero attached hydrogens (tertiary/aromatic N) is 4. The predicted octanol–water partition coefficient (Wildman–Crippen LogP) is 1.34. The molecule has 3 heterocycles. The maximum absolute atomic E-state index is 5.36. The third kappa shape index (κ3) is 2.15. The molecule has 1 atom stereocenters. The topological polar surface area (TPSA) is 68.8 Å². The maximum atomic E-state index is 5.36. The van der Waals surface area contributed by atoms with Crippen LogP contribution in [0.3, 0.4) is 0 Å². The van der Waals surface area contributed by atoms with Crippen LogP contribution in [0, 0.1) is 0 Å². The maximum Gasteiger partial charge on any atom is 0.251 e. The lowest BCUT2D eigenvalue weighted by Crippen LogP contribution is -2.27. The molecule has 1 unspecified atom stereocenters. The molecular formula is C12H17N5O. The monoisotopic (exact) mass is 247 g/mol. The number of rotatable bonds is 3. The average Bonchev–Trinajstić information content (AvgIpc) is 3.10. The van der Waals surface area contributed by atoms with Crippen molar-refractivity contribution < 1.29 is 4.52 Å². The highest BCUT2D eigenvalue weighted by Crippen LogP contribution is 2.24. The normalized spacial score (nSPS) is 18.9. The summed E-state index contributed by atoms with van der Waals surface area (Å²) in [6, 6.07) is 1.88. The molecule has 1 aliphatic heterocycles. The zero-order valence-corrected chi connectivity index (χ0v) is 10.4. The zero-order valence-electron chi connectivity index (χ0n) is 10.4. The molecule has 1 N–H and O–H groups in total. The number of piperidine rings is 1. The van der Waals surface area contributed by atoms with Crippen molar-refractivity contribution in [2.45, 2.75) is 31.7 Å². The van der Waals surface area contributed by atoms with Gasteiger partial charge in [0, 0.05) is 18.3 Å². The van der Waals surface area contributed by atoms with Gasteiger partial charge in [-0.05, 0) is 38.9 Å². The smallest absolute Gasteiger partial charge is 0.251 e. The molecule has 0 radical (unpaired) electrons. The van der Waals surface area contributed by atoms with Gasteiger partial charge in [-0.2, -0.15) is 10.1 Å². The van der Waals surface area contributed by atoms with E-state index in [4.69, 9.17) is 4.52 Å². The Morgan fingerprint density at radius 2 is 2.28 bits per heavy atom. The third-order valence-electron chi connectivity index (χ3n) is 3.44. The Labute approximate surface area is 105 Å². The Kier molecular flexibility index (Phi) is 3.10. The van der Waals surface area contributed by atoms with E-state index in [1.54, 1.807) is 6.20 Å². The van der Waals surface area contributed by atoms with E-state index < -0.39 is 0 Å². The first-order valence-corrected chi connectivity index (χ1v) is 6.38. The fourth-order valence-corrected chi connectivity index (χ4v) is 2.29. The van der Waals surface area contributed by atoms with Crippen molar-refractivity contribution in [1.29, 1.82) is 0 Å². The van der Waals surface area contributed by atoms with Crippen LogP contribution in [-0.4, -0.2) is 33.0 Å². The van der Waals surface area contributed by atoms with E-state index in [0.717, 1.165) is 31.8 Å². The van der Waals surface area contributed by atoms with Gasteiger partial charge < -0.3 is 9.84 Å². The summed E-state index contributed by atoms with van der Waals surface area (Å²) in [4.78, 5) is 4.52. The number of hydrogen-bond donors (Lipinski definition) is 1. The molecule has 0 saturated carbocycles. The van der Waals surface area contributed by atoms with Crippen molar-refractivity contribution in [3.05, 3.63) is 30.2 Å². The summed E-state index contributed by atoms with van der Waals surface area (Å²) < 4.78 is 7.18. The minimum atomic E-state index is -0.0111. The van der Waals surface area contributed by atoms with Gasteiger partial charge in [0.15, 0.2) is 5.82 Å². The van der Waals surface area contributed by atoms with E-state index in [2.05, 4.69) is 20.6 Å². The molecular weight excluding hydrogens is 230 g/mol. The van der Waals surface area contributed by atoms with E-state index in [1.807, 2.05) is 23.9 Å². The summed E-state index contributed by atoms with van der Waals surface area (Å²) >= 11 is 0. The van der Waals surface area contributed by atoms with E-state index in [1.165, 1.54) is 0 Å². The minimum absolute atomic E-state index is 0.0111. The Morgan fingerprint density at radius 3 is 3.00 bits per heavy atom. The molecule has 0 spiro atoms. The van der Waals surface area contributed by atoms with Gasteiger partial charge in [0.25, 0.3) is 5.89 Å². The van der Waals surface area contributed by atoms with E-state index in [0.29, 0.717) is 11.8 Å². The predicted molar refractivity (Wildman–Crippen MR) is 65.2 cm³/mol. The molecule has 1 fully saturated rings. The summed E-state index contributed by atoms with van der Waals surface area (Å²) in [6.45, 7) is 4.07. The van der Waals surface area contributed by atoms with Crippen LogP contribution in [0.5, 0.6) is 0 Å². The molecule has 6 heteroatoms. The molecule has 96 valence electrons. The highest BCUT2D eigenvalue weighted by Gasteiger charge is 2.23. The fraction of sp³-hybridized carbons (Fsp3) is 0.583. The summed E-state index contributed by atoms with van der Waals surface area (Å²) in [5.74, 6) is 1.89. The molecule has 0 aliphatic carbocycles. The van der Waals surface area contributed by atoms with Gasteiger partial charge in [-0.1, -0.05) is 5.16 Å². The van der Waals surface area contributed by atoms with Gasteiger partial charge in [0.2, 0.25) is 0 Å². The van der Waals surface area contributed by atoms with Crippen molar-refractivity contribution in [3.8, 4) is 0 Å². The summed E-state index contributed by atoms with van der Waals surface area (Å²) in [7, 11) is 0. The van der Waals surface area contributed by atoms with Crippen LogP contribution in [-0.2, 0) is 0 Å². The first kappa shape index (κ1) is 11.4. The third-order valence-corrected chi connectivity index (χ3v) is 3.44. The van der Waals surface area contributed by atoms with Gasteiger partial charge in [-0.25, -0.2) is 0 Å². The second-order valence-electron chi connectivity index (χ2n) is 4.68. The van der Waals surface area contributed by atoms with Crippen LogP contribution in [0.25, 0.3) is 0 Å². The Bertz CT molecular complexity index is 486. The van der Waals surface area contributed by atoms with Crippen LogP contribution < -0.4 is 5.32 Å². The minimum Gasteiger partial charge on any atom is -0.337 e. The van der Waals surface area contributed by atoms with Crippen LogP contribution >= 0.6 is 0 Å². The van der Waals surface area contributed by atoms with Crippen LogP contribution in [0.15, 0.2) is 23.0 Å². The molecule has 18 heavy (non-hydrogen) atoms. The molecule has 0 amide bonds. The van der Waals surface area contributed by atoms with Gasteiger partial charge >= 0.3 is 0 Å². The highest BCUT2D eigenvalue weighted by atomic mass is 16.5. The quantitative estimate of drug-likeness (QED) is 0.886. The molecule has 1 aliphatic rings. The molecule has 2 aromatic heterocycles. The standard InChI is InChI=1S/C12H17N5O/c1-9(17-8-2-5-14-17)12-15-11(16-18-12)10-3-6-13-7-4-10/h2,5,8-10,13H,3-4,6-7H2,1H3. The largest absolute Gasteiger partial charge is 0.337 e. The van der Waals surface area contributed by atoms with Crippen molar-refractivity contribution >= 4 is 0 Å². The number of aromatic nitrogens is 4. The van der Waals surface area contributed by atoms with Crippen molar-refractivity contribution in [1.82, 2.24) is 25.2 Å². The first-order valence-electron chi connectivity index (χ1n) is 6.38. The van der Waals surface area contributed by atoms with Crippen LogP contribution in [0.1, 0.15) is 43.4 Å². The summed E-state index contributed by atoms with van der Waals surface area (Å²) in [5, 5.41) is 11.6. The molecule has 2 aromatic rings. The average molecular weight is 247 g/mol. The van der Waals surface area contributed by atoms with Gasteiger partial charge in [-0.15, -0.1) is 0 Å². The Hall–Kier alpha value is -1.69. The van der Waals surface area contributed by atoms with Gasteiger partial charge in [-0.3, -0.25) is 4.68 Å². The Balaban J connectivity index is 1.76. The lowest BCUT2D eigenvalue weighted by molar-refractivity contribution is 0.328. The lowest BCUT2D eigenvalue weighted by Gasteiger charge is -2.19. The van der Waals surface area contributed by atoms with Crippen molar-refractivity contribution in [3.63, 3.8) is 0 Å². The summed E-state index contributed by atoms with van der Waals surface area (Å²) in [6.07, 6.45) is 5.81. The molecule has 3 rings (SSSR count). The molecule has 1 saturated heterocycles. The van der Waals surface area contributed by atoms with Crippen LogP contribution in [0.2, 0.25) is 0 Å². The lowest BCUT2D eigenvalue weighted by atomic mass is 9.98. The summed E-state index contributed by atoms with van der Waals surface area (Å²) in [5.41, 5.74) is 0. The molecule has 0 bridgehead atoms. The SMILES string of the molecule is CC(c1nc(C2CCNCC2)no1)n1cccn1. The van der Waals surface area contributed by atoms with E-state index in [-0.39, 0.29) is 6.04 Å². The number of hydrogen-bond acceptors (Lipinski definition) is 5. The second-order valence-corrected chi connectivity index (χ2v) is 4.68. The fourth-order valence-electron chi connectivity index (χ4n) is 2.29. The molecule has 6 nitrogen and oxygen atoms in total. The van der Waals surface area contributed by atoms with Gasteiger partial charge in [0.1, 0.15) is 6.04 Å². The Morgan fingerprint density at radius 1 is 1.44 bits per heavy atom. The highest BCUT2D eigenvalue weighted by molar-refractivity contribution is 5.00. The number of nitrogens with one attached hydrogen (secondary N) is 1. The van der Waals surface area contributed by atoms with Crippen LogP contribution in [0.4, 0.5) is 0 Å². The van der Waals surface area contributed by atoms with Crippen molar-refractivity contribution in [2.24, 2.45) is 0 Å². The molecule has 0 aromatic carbocycles. The zero-order chi connectivity index (χ0) is 12.4. The van der Waals surface area contributed by atoms with E-state index in [9.17, 15) is 0 Å². The van der Waals surface area contributed by atoms with E-state index >= 15 is 0 Å². The van der Waals surface area contributed by atoms with Gasteiger partial charge in [0.05, 0.1) is 0 Å².